The molecule has 1 N–H and O–H groups in total. The Morgan fingerprint density at radius 3 is 2.77 bits per heavy atom. The summed E-state index contributed by atoms with van der Waals surface area (Å²) in [5.74, 6) is -0.384. The number of hydrogen-bond donors (Lipinski definition) is 1. The predicted molar refractivity (Wildman–Crippen MR) is 54.5 cm³/mol. The Bertz CT molecular complexity index is 275. The Hall–Kier alpha value is -0.0200. The van der Waals surface area contributed by atoms with E-state index in [4.69, 9.17) is 4.52 Å². The van der Waals surface area contributed by atoms with E-state index >= 15 is 0 Å². The van der Waals surface area contributed by atoms with E-state index in [9.17, 15) is 9.28 Å². The van der Waals surface area contributed by atoms with Gasteiger partial charge in [0.15, 0.2) is 0 Å². The highest BCUT2D eigenvalue weighted by Gasteiger charge is 2.09. The van der Waals surface area contributed by atoms with Crippen LogP contribution in [0, 0.1) is 5.82 Å². The van der Waals surface area contributed by atoms with E-state index in [1.165, 1.54) is 12.1 Å². The number of benzene rings is 1. The molecule has 1 unspecified atom stereocenters. The molecule has 0 spiro atoms. The fraction of sp³-hybridized carbons (Fsp3) is 0.250. The Balaban J connectivity index is 2.87. The minimum Gasteiger partial charge on any atom is -0.346 e. The van der Waals surface area contributed by atoms with E-state index in [0.29, 0.717) is 16.4 Å². The first-order valence-electron chi connectivity index (χ1n) is 3.71. The standard InChI is InChI=1S/C8H9BrFO2P/c1-2-12-13(11)8-4-6(9)3-7(10)5-8/h3-5,11H,2H2,1H3. The molecule has 1 aromatic rings. The minimum absolute atomic E-state index is 0.384. The van der Waals surface area contributed by atoms with Gasteiger partial charge in [0.2, 0.25) is 8.38 Å². The second-order valence-corrected chi connectivity index (χ2v) is 4.55. The first-order valence-corrected chi connectivity index (χ1v) is 5.72. The number of hydrogen-bond acceptors (Lipinski definition) is 2. The molecule has 5 heteroatoms. The quantitative estimate of drug-likeness (QED) is 0.853. The first kappa shape index (κ1) is 11.1. The molecule has 0 aliphatic rings. The molecule has 1 rings (SSSR count). The summed E-state index contributed by atoms with van der Waals surface area (Å²) in [7, 11) is -1.68. The van der Waals surface area contributed by atoms with Gasteiger partial charge in [-0.2, -0.15) is 0 Å². The molecule has 0 saturated heterocycles. The number of rotatable bonds is 3. The van der Waals surface area contributed by atoms with E-state index in [2.05, 4.69) is 15.9 Å². The van der Waals surface area contributed by atoms with Crippen molar-refractivity contribution in [3.63, 3.8) is 0 Å². The van der Waals surface area contributed by atoms with Crippen molar-refractivity contribution < 1.29 is 13.8 Å². The van der Waals surface area contributed by atoms with Crippen LogP contribution in [0.4, 0.5) is 4.39 Å². The van der Waals surface area contributed by atoms with Crippen LogP contribution in [0.25, 0.3) is 0 Å². The van der Waals surface area contributed by atoms with Crippen molar-refractivity contribution in [2.45, 2.75) is 6.92 Å². The van der Waals surface area contributed by atoms with Crippen molar-refractivity contribution in [2.24, 2.45) is 0 Å². The molecule has 0 fully saturated rings. The van der Waals surface area contributed by atoms with Crippen LogP contribution in [-0.2, 0) is 4.52 Å². The summed E-state index contributed by atoms with van der Waals surface area (Å²) in [5, 5.41) is 0.476. The summed E-state index contributed by atoms with van der Waals surface area (Å²) in [4.78, 5) is 9.42. The molecule has 0 saturated carbocycles. The van der Waals surface area contributed by atoms with Crippen LogP contribution in [0.3, 0.4) is 0 Å². The summed E-state index contributed by atoms with van der Waals surface area (Å²) >= 11 is 3.14. The van der Waals surface area contributed by atoms with E-state index in [1.807, 2.05) is 0 Å². The van der Waals surface area contributed by atoms with Gasteiger partial charge in [-0.25, -0.2) is 4.39 Å². The second-order valence-electron chi connectivity index (χ2n) is 2.32. The third-order valence-electron chi connectivity index (χ3n) is 1.32. The maximum Gasteiger partial charge on any atom is 0.202 e. The van der Waals surface area contributed by atoms with Gasteiger partial charge in [0.05, 0.1) is 6.61 Å². The zero-order chi connectivity index (χ0) is 9.84. The van der Waals surface area contributed by atoms with Crippen LogP contribution >= 0.6 is 24.3 Å². The fourth-order valence-corrected chi connectivity index (χ4v) is 2.37. The average molecular weight is 267 g/mol. The van der Waals surface area contributed by atoms with E-state index in [-0.39, 0.29) is 5.82 Å². The number of halogens is 2. The van der Waals surface area contributed by atoms with Gasteiger partial charge in [-0.3, -0.25) is 0 Å². The van der Waals surface area contributed by atoms with Crippen LogP contribution in [0.1, 0.15) is 6.92 Å². The Kier molecular flexibility index (Phi) is 4.26. The second kappa shape index (κ2) is 5.01. The molecule has 1 atom stereocenters. The largest absolute Gasteiger partial charge is 0.346 e. The van der Waals surface area contributed by atoms with Gasteiger partial charge in [0, 0.05) is 9.78 Å². The van der Waals surface area contributed by atoms with Gasteiger partial charge in [-0.05, 0) is 25.1 Å². The molecular formula is C8H9BrFO2P. The molecule has 0 bridgehead atoms. The highest BCUT2D eigenvalue weighted by Crippen LogP contribution is 2.31. The van der Waals surface area contributed by atoms with Gasteiger partial charge in [-0.1, -0.05) is 15.9 Å². The summed E-state index contributed by atoms with van der Waals surface area (Å²) in [6.45, 7) is 2.19. The van der Waals surface area contributed by atoms with E-state index < -0.39 is 8.38 Å². The fourth-order valence-electron chi connectivity index (χ4n) is 0.847. The molecular weight excluding hydrogens is 258 g/mol. The van der Waals surface area contributed by atoms with Crippen LogP contribution in [0.5, 0.6) is 0 Å². The maximum absolute atomic E-state index is 12.8. The zero-order valence-corrected chi connectivity index (χ0v) is 9.48. The van der Waals surface area contributed by atoms with Gasteiger partial charge in [-0.15, -0.1) is 0 Å². The van der Waals surface area contributed by atoms with Crippen LogP contribution < -0.4 is 5.30 Å². The normalized spacial score (nSPS) is 12.9. The smallest absolute Gasteiger partial charge is 0.202 e. The topological polar surface area (TPSA) is 29.5 Å². The Morgan fingerprint density at radius 1 is 1.54 bits per heavy atom. The molecule has 72 valence electrons. The zero-order valence-electron chi connectivity index (χ0n) is 7.00. The van der Waals surface area contributed by atoms with Crippen LogP contribution in [0.15, 0.2) is 22.7 Å². The third kappa shape index (κ3) is 3.31. The molecule has 0 heterocycles. The monoisotopic (exact) mass is 266 g/mol. The maximum atomic E-state index is 12.8. The van der Waals surface area contributed by atoms with Gasteiger partial charge in [0.1, 0.15) is 5.82 Å². The molecule has 0 amide bonds. The average Bonchev–Trinajstić information content (AvgIpc) is 2.03. The lowest BCUT2D eigenvalue weighted by atomic mass is 10.3. The third-order valence-corrected chi connectivity index (χ3v) is 2.98. The van der Waals surface area contributed by atoms with Gasteiger partial charge >= 0.3 is 0 Å². The first-order chi connectivity index (χ1) is 6.13. The Morgan fingerprint density at radius 2 is 2.23 bits per heavy atom. The van der Waals surface area contributed by atoms with Crippen molar-refractivity contribution in [1.29, 1.82) is 0 Å². The summed E-state index contributed by atoms with van der Waals surface area (Å²) in [6.07, 6.45) is 0. The summed E-state index contributed by atoms with van der Waals surface area (Å²) < 4.78 is 18.4. The SMILES string of the molecule is CCOP(O)c1cc(F)cc(Br)c1. The Labute approximate surface area is 85.8 Å². The molecule has 0 aliphatic carbocycles. The van der Waals surface area contributed by atoms with Crippen molar-refractivity contribution in [2.75, 3.05) is 6.61 Å². The predicted octanol–water partition coefficient (Wildman–Crippen LogP) is 2.55. The lowest BCUT2D eigenvalue weighted by Gasteiger charge is -2.09. The molecule has 0 aromatic heterocycles. The molecule has 2 nitrogen and oxygen atoms in total. The van der Waals surface area contributed by atoms with Gasteiger partial charge < -0.3 is 9.42 Å². The summed E-state index contributed by atoms with van der Waals surface area (Å²) in [6, 6.07) is 4.25. The summed E-state index contributed by atoms with van der Waals surface area (Å²) in [5.41, 5.74) is 0. The highest BCUT2D eigenvalue weighted by atomic mass is 79.9. The lowest BCUT2D eigenvalue weighted by molar-refractivity contribution is 0.337. The van der Waals surface area contributed by atoms with E-state index in [0.717, 1.165) is 0 Å². The lowest BCUT2D eigenvalue weighted by Crippen LogP contribution is -2.03. The van der Waals surface area contributed by atoms with Crippen molar-refractivity contribution in [3.8, 4) is 0 Å². The van der Waals surface area contributed by atoms with Crippen LogP contribution in [0.2, 0.25) is 0 Å². The van der Waals surface area contributed by atoms with Crippen molar-refractivity contribution in [1.82, 2.24) is 0 Å². The molecule has 0 aliphatic heterocycles. The van der Waals surface area contributed by atoms with Gasteiger partial charge in [0.25, 0.3) is 0 Å². The minimum atomic E-state index is -1.68. The molecule has 1 aromatic carbocycles. The molecule has 13 heavy (non-hydrogen) atoms. The van der Waals surface area contributed by atoms with Crippen molar-refractivity contribution in [3.05, 3.63) is 28.5 Å². The molecule has 0 radical (unpaired) electrons. The van der Waals surface area contributed by atoms with E-state index in [1.54, 1.807) is 13.0 Å². The van der Waals surface area contributed by atoms with Crippen LogP contribution in [-0.4, -0.2) is 11.5 Å². The van der Waals surface area contributed by atoms with Crippen molar-refractivity contribution >= 4 is 29.6 Å². The highest BCUT2D eigenvalue weighted by molar-refractivity contribution is 9.10.